The van der Waals surface area contributed by atoms with Crippen LogP contribution in [0.5, 0.6) is 0 Å². The molecule has 24 heavy (non-hydrogen) atoms. The first-order valence-electron chi connectivity index (χ1n) is 8.30. The number of benzene rings is 1. The molecule has 3 saturated heterocycles. The molecular formula is C17H24N2O4S. The predicted octanol–water partition coefficient (Wildman–Crippen LogP) is 1.09. The molecule has 0 radical (unpaired) electrons. The maximum Gasteiger partial charge on any atom is 0.248 e. The predicted molar refractivity (Wildman–Crippen MR) is 90.7 cm³/mol. The SMILES string of the molecule is CS(=O)(=O)N1C[C@@H]2CC[C@H](C1)N(C(=O)COCc1ccccc1)C2. The van der Waals surface area contributed by atoms with Gasteiger partial charge in [-0.15, -0.1) is 0 Å². The van der Waals surface area contributed by atoms with Crippen molar-refractivity contribution in [3.05, 3.63) is 35.9 Å². The number of carbonyl (C=O) groups excluding carboxylic acids is 1. The van der Waals surface area contributed by atoms with Gasteiger partial charge >= 0.3 is 0 Å². The van der Waals surface area contributed by atoms with Crippen molar-refractivity contribution in [1.82, 2.24) is 9.21 Å². The van der Waals surface area contributed by atoms with Crippen LogP contribution < -0.4 is 0 Å². The minimum absolute atomic E-state index is 0.0358. The van der Waals surface area contributed by atoms with Crippen LogP contribution >= 0.6 is 0 Å². The number of carbonyl (C=O) groups is 1. The Morgan fingerprint density at radius 2 is 1.92 bits per heavy atom. The summed E-state index contributed by atoms with van der Waals surface area (Å²) in [7, 11) is -3.21. The van der Waals surface area contributed by atoms with Crippen molar-refractivity contribution in [3.8, 4) is 0 Å². The minimum Gasteiger partial charge on any atom is -0.367 e. The van der Waals surface area contributed by atoms with Gasteiger partial charge in [0.1, 0.15) is 6.61 Å². The first kappa shape index (κ1) is 17.4. The van der Waals surface area contributed by atoms with Gasteiger partial charge in [0.2, 0.25) is 15.9 Å². The summed E-state index contributed by atoms with van der Waals surface area (Å²) in [6, 6.07) is 9.70. The highest BCUT2D eigenvalue weighted by Crippen LogP contribution is 2.29. The van der Waals surface area contributed by atoms with Crippen molar-refractivity contribution in [2.75, 3.05) is 32.5 Å². The lowest BCUT2D eigenvalue weighted by Gasteiger charge is -2.36. The normalized spacial score (nSPS) is 24.8. The summed E-state index contributed by atoms with van der Waals surface area (Å²) in [5.74, 6) is 0.174. The van der Waals surface area contributed by atoms with Gasteiger partial charge < -0.3 is 9.64 Å². The summed E-state index contributed by atoms with van der Waals surface area (Å²) in [5, 5.41) is 0. The van der Waals surface area contributed by atoms with E-state index in [-0.39, 0.29) is 24.5 Å². The third-order valence-corrected chi connectivity index (χ3v) is 6.04. The second-order valence-corrected chi connectivity index (χ2v) is 8.68. The summed E-state index contributed by atoms with van der Waals surface area (Å²) in [6.45, 7) is 1.99. The molecule has 3 aliphatic rings. The standard InChI is InChI=1S/C17H24N2O4S/c1-24(21,22)18-9-15-7-8-16(11-18)19(10-15)17(20)13-23-12-14-5-3-2-4-6-14/h2-6,15-16H,7-13H2,1H3/t15-,16+/m0/s1. The van der Waals surface area contributed by atoms with Crippen molar-refractivity contribution in [2.24, 2.45) is 5.92 Å². The summed E-state index contributed by atoms with van der Waals surface area (Å²) >= 11 is 0. The van der Waals surface area contributed by atoms with Crippen molar-refractivity contribution < 1.29 is 17.9 Å². The van der Waals surface area contributed by atoms with Crippen LogP contribution in [-0.2, 0) is 26.2 Å². The van der Waals surface area contributed by atoms with Crippen molar-refractivity contribution >= 4 is 15.9 Å². The first-order chi connectivity index (χ1) is 11.4. The zero-order valence-electron chi connectivity index (χ0n) is 13.9. The molecular weight excluding hydrogens is 328 g/mol. The van der Waals surface area contributed by atoms with E-state index in [0.717, 1.165) is 18.4 Å². The van der Waals surface area contributed by atoms with E-state index in [1.807, 2.05) is 35.2 Å². The number of nitrogens with zero attached hydrogens (tertiary/aromatic N) is 2. The second-order valence-electron chi connectivity index (χ2n) is 6.70. The molecule has 1 amide bonds. The highest BCUT2D eigenvalue weighted by atomic mass is 32.2. The van der Waals surface area contributed by atoms with Gasteiger partial charge in [0, 0.05) is 25.7 Å². The average Bonchev–Trinajstić information content (AvgIpc) is 2.88. The molecule has 3 aliphatic heterocycles. The van der Waals surface area contributed by atoms with Crippen LogP contribution in [0.25, 0.3) is 0 Å². The molecule has 7 heteroatoms. The highest BCUT2D eigenvalue weighted by Gasteiger charge is 2.39. The molecule has 3 fully saturated rings. The molecule has 6 nitrogen and oxygen atoms in total. The Labute approximate surface area is 143 Å². The summed E-state index contributed by atoms with van der Waals surface area (Å²) in [6.07, 6.45) is 3.08. The fourth-order valence-electron chi connectivity index (χ4n) is 3.53. The van der Waals surface area contributed by atoms with Crippen LogP contribution in [0.1, 0.15) is 18.4 Å². The number of rotatable bonds is 5. The maximum atomic E-state index is 12.5. The van der Waals surface area contributed by atoms with Gasteiger partial charge in [-0.2, -0.15) is 4.31 Å². The summed E-state index contributed by atoms with van der Waals surface area (Å²) in [4.78, 5) is 14.3. The highest BCUT2D eigenvalue weighted by molar-refractivity contribution is 7.88. The smallest absolute Gasteiger partial charge is 0.248 e. The topological polar surface area (TPSA) is 66.9 Å². The molecule has 0 spiro atoms. The lowest BCUT2D eigenvalue weighted by molar-refractivity contribution is -0.140. The number of hydrogen-bond acceptors (Lipinski definition) is 4. The van der Waals surface area contributed by atoms with Crippen LogP contribution in [0.15, 0.2) is 30.3 Å². The van der Waals surface area contributed by atoms with E-state index in [0.29, 0.717) is 26.2 Å². The third-order valence-electron chi connectivity index (χ3n) is 4.81. The van der Waals surface area contributed by atoms with E-state index in [1.54, 1.807) is 0 Å². The van der Waals surface area contributed by atoms with Gasteiger partial charge in [0.15, 0.2) is 0 Å². The van der Waals surface area contributed by atoms with Crippen LogP contribution in [0, 0.1) is 5.92 Å². The monoisotopic (exact) mass is 352 g/mol. The number of amides is 1. The zero-order chi connectivity index (χ0) is 17.2. The lowest BCUT2D eigenvalue weighted by atomic mass is 9.95. The molecule has 1 aromatic rings. The van der Waals surface area contributed by atoms with E-state index in [2.05, 4.69) is 0 Å². The Bertz CT molecular complexity index is 677. The van der Waals surface area contributed by atoms with E-state index >= 15 is 0 Å². The van der Waals surface area contributed by atoms with Crippen LogP contribution in [0.2, 0.25) is 0 Å². The number of fused-ring (bicyclic) bond motifs is 4. The Kier molecular flexibility index (Phi) is 5.22. The number of sulfonamides is 1. The van der Waals surface area contributed by atoms with Gasteiger partial charge in [0.25, 0.3) is 0 Å². The minimum atomic E-state index is -3.21. The van der Waals surface area contributed by atoms with Gasteiger partial charge in [-0.25, -0.2) is 8.42 Å². The quantitative estimate of drug-likeness (QED) is 0.795. The molecule has 3 heterocycles. The molecule has 0 aliphatic carbocycles. The third kappa shape index (κ3) is 4.15. The van der Waals surface area contributed by atoms with E-state index in [9.17, 15) is 13.2 Å². The molecule has 2 atom stereocenters. The average molecular weight is 352 g/mol. The van der Waals surface area contributed by atoms with Gasteiger partial charge in [0.05, 0.1) is 12.9 Å². The zero-order valence-corrected chi connectivity index (χ0v) is 14.7. The molecule has 1 aromatic carbocycles. The largest absolute Gasteiger partial charge is 0.367 e. The Hall–Kier alpha value is -1.44. The molecule has 4 rings (SSSR count). The summed E-state index contributed by atoms with van der Waals surface area (Å²) < 4.78 is 30.8. The molecule has 0 N–H and O–H groups in total. The summed E-state index contributed by atoms with van der Waals surface area (Å²) in [5.41, 5.74) is 1.03. The molecule has 0 aromatic heterocycles. The Balaban J connectivity index is 1.57. The fourth-order valence-corrected chi connectivity index (χ4v) is 4.45. The molecule has 2 bridgehead atoms. The van der Waals surface area contributed by atoms with E-state index in [4.69, 9.17) is 4.74 Å². The van der Waals surface area contributed by atoms with Gasteiger partial charge in [-0.05, 0) is 24.3 Å². The van der Waals surface area contributed by atoms with Crippen molar-refractivity contribution in [2.45, 2.75) is 25.5 Å². The number of piperidine rings is 1. The Morgan fingerprint density at radius 1 is 1.17 bits per heavy atom. The van der Waals surface area contributed by atoms with Gasteiger partial charge in [-0.1, -0.05) is 30.3 Å². The Morgan fingerprint density at radius 3 is 2.62 bits per heavy atom. The van der Waals surface area contributed by atoms with Crippen LogP contribution in [0.4, 0.5) is 0 Å². The van der Waals surface area contributed by atoms with E-state index in [1.165, 1.54) is 10.6 Å². The molecule has 0 saturated carbocycles. The van der Waals surface area contributed by atoms with Crippen LogP contribution in [0.3, 0.4) is 0 Å². The molecule has 132 valence electrons. The first-order valence-corrected chi connectivity index (χ1v) is 10.1. The fraction of sp³-hybridized carbons (Fsp3) is 0.588. The van der Waals surface area contributed by atoms with Gasteiger partial charge in [-0.3, -0.25) is 4.79 Å². The van der Waals surface area contributed by atoms with Crippen molar-refractivity contribution in [3.63, 3.8) is 0 Å². The molecule has 0 unspecified atom stereocenters. The number of ether oxygens (including phenoxy) is 1. The lowest BCUT2D eigenvalue weighted by Crippen LogP contribution is -2.48. The maximum absolute atomic E-state index is 12.5. The number of hydrogen-bond donors (Lipinski definition) is 0. The van der Waals surface area contributed by atoms with E-state index < -0.39 is 10.0 Å². The van der Waals surface area contributed by atoms with Crippen LogP contribution in [-0.4, -0.2) is 62.1 Å². The second kappa shape index (κ2) is 7.21. The van der Waals surface area contributed by atoms with Crippen molar-refractivity contribution in [1.29, 1.82) is 0 Å².